The van der Waals surface area contributed by atoms with Gasteiger partial charge < -0.3 is 5.11 Å². The molecule has 80 valence electrons. The maximum atomic E-state index is 11.2. The zero-order valence-corrected chi connectivity index (χ0v) is 10.3. The highest BCUT2D eigenvalue weighted by molar-refractivity contribution is 9.09. The van der Waals surface area contributed by atoms with Crippen molar-refractivity contribution in [3.8, 4) is 5.75 Å². The molecule has 1 aromatic rings. The highest BCUT2D eigenvalue weighted by atomic mass is 79.9. The molecule has 0 fully saturated rings. The molecule has 0 bridgehead atoms. The van der Waals surface area contributed by atoms with E-state index >= 15 is 0 Å². The van der Waals surface area contributed by atoms with Crippen LogP contribution in [0.5, 0.6) is 5.75 Å². The van der Waals surface area contributed by atoms with Gasteiger partial charge >= 0.3 is 0 Å². The zero-order chi connectivity index (χ0) is 11.4. The summed E-state index contributed by atoms with van der Waals surface area (Å²) in [5.74, 6) is -0.0751. The standard InChI is InChI=1S/C12H13BrO2/c1-8-6-11(9(2)14)12(15)7-10(8)4-3-5-13/h3-4,6-7,15H,5H2,1-2H3. The molecule has 1 aromatic carbocycles. The second kappa shape index (κ2) is 5.12. The summed E-state index contributed by atoms with van der Waals surface area (Å²) in [7, 11) is 0. The van der Waals surface area contributed by atoms with Gasteiger partial charge in [-0.15, -0.1) is 0 Å². The lowest BCUT2D eigenvalue weighted by molar-refractivity contribution is 0.101. The number of phenols is 1. The maximum absolute atomic E-state index is 11.2. The van der Waals surface area contributed by atoms with Crippen LogP contribution in [0.25, 0.3) is 6.08 Å². The SMILES string of the molecule is CC(=O)c1cc(C)c(C=CCBr)cc1O. The van der Waals surface area contributed by atoms with Gasteiger partial charge in [-0.05, 0) is 37.1 Å². The van der Waals surface area contributed by atoms with E-state index < -0.39 is 0 Å². The molecule has 1 rings (SSSR count). The maximum Gasteiger partial charge on any atom is 0.163 e. The first-order valence-electron chi connectivity index (χ1n) is 4.63. The number of benzene rings is 1. The van der Waals surface area contributed by atoms with E-state index in [1.165, 1.54) is 6.92 Å². The summed E-state index contributed by atoms with van der Waals surface area (Å²) in [6.07, 6.45) is 3.85. The summed E-state index contributed by atoms with van der Waals surface area (Å²) >= 11 is 3.28. The van der Waals surface area contributed by atoms with E-state index in [0.29, 0.717) is 5.56 Å². The first kappa shape index (κ1) is 12.0. The molecule has 0 saturated heterocycles. The normalized spacial score (nSPS) is 10.9. The largest absolute Gasteiger partial charge is 0.507 e. The summed E-state index contributed by atoms with van der Waals surface area (Å²) in [4.78, 5) is 11.2. The molecule has 1 N–H and O–H groups in total. The van der Waals surface area contributed by atoms with Crippen LogP contribution in [-0.2, 0) is 0 Å². The molecular weight excluding hydrogens is 256 g/mol. The number of allylic oxidation sites excluding steroid dienone is 1. The van der Waals surface area contributed by atoms with Gasteiger partial charge in [0, 0.05) is 5.33 Å². The summed E-state index contributed by atoms with van der Waals surface area (Å²) < 4.78 is 0. The van der Waals surface area contributed by atoms with Crippen LogP contribution in [0.3, 0.4) is 0 Å². The van der Waals surface area contributed by atoms with Crippen molar-refractivity contribution in [3.05, 3.63) is 34.9 Å². The monoisotopic (exact) mass is 268 g/mol. The number of phenolic OH excluding ortho intramolecular Hbond substituents is 1. The van der Waals surface area contributed by atoms with Crippen LogP contribution >= 0.6 is 15.9 Å². The van der Waals surface area contributed by atoms with Gasteiger partial charge in [0.05, 0.1) is 5.56 Å². The number of aryl methyl sites for hydroxylation is 1. The fourth-order valence-corrected chi connectivity index (χ4v) is 1.53. The Morgan fingerprint density at radius 1 is 1.53 bits per heavy atom. The van der Waals surface area contributed by atoms with Gasteiger partial charge in [0.25, 0.3) is 0 Å². The van der Waals surface area contributed by atoms with E-state index in [0.717, 1.165) is 16.5 Å². The van der Waals surface area contributed by atoms with E-state index in [4.69, 9.17) is 0 Å². The number of carbonyl (C=O) groups is 1. The fourth-order valence-electron chi connectivity index (χ4n) is 1.35. The lowest BCUT2D eigenvalue weighted by atomic mass is 10.0. The molecule has 0 aliphatic rings. The average Bonchev–Trinajstić information content (AvgIpc) is 2.18. The number of carbonyl (C=O) groups excluding carboxylic acids is 1. The summed E-state index contributed by atoms with van der Waals surface area (Å²) in [6, 6.07) is 3.33. The Balaban J connectivity index is 3.19. The number of halogens is 1. The third-order valence-electron chi connectivity index (χ3n) is 2.15. The van der Waals surface area contributed by atoms with E-state index in [-0.39, 0.29) is 11.5 Å². The number of alkyl halides is 1. The molecule has 0 unspecified atom stereocenters. The van der Waals surface area contributed by atoms with Gasteiger partial charge in [0.1, 0.15) is 5.75 Å². The molecule has 0 radical (unpaired) electrons. The van der Waals surface area contributed by atoms with Gasteiger partial charge in [-0.1, -0.05) is 28.1 Å². The highest BCUT2D eigenvalue weighted by Crippen LogP contribution is 2.23. The molecular formula is C12H13BrO2. The molecule has 2 nitrogen and oxygen atoms in total. The lowest BCUT2D eigenvalue weighted by Crippen LogP contribution is -1.95. The molecule has 0 saturated carbocycles. The lowest BCUT2D eigenvalue weighted by Gasteiger charge is -2.05. The predicted molar refractivity (Wildman–Crippen MR) is 65.7 cm³/mol. The topological polar surface area (TPSA) is 37.3 Å². The third-order valence-corrected chi connectivity index (χ3v) is 2.52. The number of rotatable bonds is 3. The van der Waals surface area contributed by atoms with Crippen LogP contribution in [0.15, 0.2) is 18.2 Å². The molecule has 0 aliphatic heterocycles. The van der Waals surface area contributed by atoms with Crippen molar-refractivity contribution in [1.29, 1.82) is 0 Å². The summed E-state index contributed by atoms with van der Waals surface area (Å²) in [6.45, 7) is 3.36. The Bertz CT molecular complexity index is 408. The Hall–Kier alpha value is -1.09. The number of hydrogen-bond donors (Lipinski definition) is 1. The molecule has 0 spiro atoms. The van der Waals surface area contributed by atoms with Gasteiger partial charge in [-0.2, -0.15) is 0 Å². The second-order valence-electron chi connectivity index (χ2n) is 3.34. The molecule has 3 heteroatoms. The first-order chi connectivity index (χ1) is 7.06. The molecule has 0 heterocycles. The summed E-state index contributed by atoms with van der Waals surface area (Å²) in [5, 5.41) is 10.4. The summed E-state index contributed by atoms with van der Waals surface area (Å²) in [5.41, 5.74) is 2.29. The quantitative estimate of drug-likeness (QED) is 0.675. The predicted octanol–water partition coefficient (Wildman–Crippen LogP) is 3.31. The van der Waals surface area contributed by atoms with Crippen molar-refractivity contribution in [1.82, 2.24) is 0 Å². The number of hydrogen-bond acceptors (Lipinski definition) is 2. The smallest absolute Gasteiger partial charge is 0.163 e. The molecule has 0 atom stereocenters. The Kier molecular flexibility index (Phi) is 4.09. The van der Waals surface area contributed by atoms with Crippen LogP contribution in [0.2, 0.25) is 0 Å². The number of aromatic hydroxyl groups is 1. The van der Waals surface area contributed by atoms with Crippen molar-refractivity contribution < 1.29 is 9.90 Å². The van der Waals surface area contributed by atoms with Gasteiger partial charge in [-0.25, -0.2) is 0 Å². The van der Waals surface area contributed by atoms with Crippen molar-refractivity contribution in [3.63, 3.8) is 0 Å². The first-order valence-corrected chi connectivity index (χ1v) is 5.75. The molecule has 15 heavy (non-hydrogen) atoms. The Labute approximate surface area is 97.8 Å². The van der Waals surface area contributed by atoms with E-state index in [2.05, 4.69) is 15.9 Å². The third kappa shape index (κ3) is 2.93. The Morgan fingerprint density at radius 2 is 2.20 bits per heavy atom. The van der Waals surface area contributed by atoms with Crippen LogP contribution in [0.1, 0.15) is 28.4 Å². The van der Waals surface area contributed by atoms with Crippen molar-refractivity contribution in [2.45, 2.75) is 13.8 Å². The van der Waals surface area contributed by atoms with Crippen LogP contribution in [0.4, 0.5) is 0 Å². The minimum absolute atomic E-state index is 0.0438. The van der Waals surface area contributed by atoms with E-state index in [9.17, 15) is 9.90 Å². The fraction of sp³-hybridized carbons (Fsp3) is 0.250. The van der Waals surface area contributed by atoms with Crippen LogP contribution in [0, 0.1) is 6.92 Å². The van der Waals surface area contributed by atoms with E-state index in [1.807, 2.05) is 19.1 Å². The molecule has 0 aliphatic carbocycles. The average molecular weight is 269 g/mol. The second-order valence-corrected chi connectivity index (χ2v) is 3.99. The van der Waals surface area contributed by atoms with Crippen LogP contribution in [-0.4, -0.2) is 16.2 Å². The Morgan fingerprint density at radius 3 is 2.73 bits per heavy atom. The zero-order valence-electron chi connectivity index (χ0n) is 8.75. The van der Waals surface area contributed by atoms with E-state index in [1.54, 1.807) is 12.1 Å². The van der Waals surface area contributed by atoms with Gasteiger partial charge in [-0.3, -0.25) is 4.79 Å². The van der Waals surface area contributed by atoms with Crippen molar-refractivity contribution in [2.75, 3.05) is 5.33 Å². The molecule has 0 amide bonds. The minimum Gasteiger partial charge on any atom is -0.507 e. The van der Waals surface area contributed by atoms with Gasteiger partial charge in [0.15, 0.2) is 5.78 Å². The van der Waals surface area contributed by atoms with Crippen molar-refractivity contribution in [2.24, 2.45) is 0 Å². The minimum atomic E-state index is -0.119. The van der Waals surface area contributed by atoms with Crippen molar-refractivity contribution >= 4 is 27.8 Å². The number of ketones is 1. The van der Waals surface area contributed by atoms with Gasteiger partial charge in [0.2, 0.25) is 0 Å². The van der Waals surface area contributed by atoms with Crippen LogP contribution < -0.4 is 0 Å². The highest BCUT2D eigenvalue weighted by Gasteiger charge is 2.08. The number of Topliss-reactive ketones (excluding diaryl/α,β-unsaturated/α-hetero) is 1. The molecule has 0 aromatic heterocycles.